The van der Waals surface area contributed by atoms with Gasteiger partial charge in [-0.1, -0.05) is 38.1 Å². The van der Waals surface area contributed by atoms with E-state index in [1.54, 1.807) is 0 Å². The van der Waals surface area contributed by atoms with Crippen molar-refractivity contribution in [2.24, 2.45) is 5.92 Å². The monoisotopic (exact) mass is 231 g/mol. The van der Waals surface area contributed by atoms with Crippen LogP contribution in [0, 0.1) is 5.92 Å². The molecule has 1 N–H and O–H groups in total. The standard InChI is InChI=1S/C16H25N/c1-3-13-5-7-14(8-6-13)11-15-9-10-16(12-15)17-4-2/h5-8,15-17H,3-4,9-12H2,1-2H3. The van der Waals surface area contributed by atoms with Crippen molar-refractivity contribution in [3.8, 4) is 0 Å². The van der Waals surface area contributed by atoms with Crippen molar-refractivity contribution in [3.63, 3.8) is 0 Å². The second-order valence-electron chi connectivity index (χ2n) is 5.31. The molecule has 0 spiro atoms. The summed E-state index contributed by atoms with van der Waals surface area (Å²) in [4.78, 5) is 0. The van der Waals surface area contributed by atoms with Crippen molar-refractivity contribution >= 4 is 0 Å². The Kier molecular flexibility index (Phi) is 4.61. The van der Waals surface area contributed by atoms with Crippen molar-refractivity contribution in [2.45, 2.75) is 52.0 Å². The zero-order valence-corrected chi connectivity index (χ0v) is 11.2. The zero-order valence-electron chi connectivity index (χ0n) is 11.2. The Morgan fingerprint density at radius 3 is 2.41 bits per heavy atom. The first-order chi connectivity index (χ1) is 8.31. The van der Waals surface area contributed by atoms with Gasteiger partial charge in [-0.3, -0.25) is 0 Å². The van der Waals surface area contributed by atoms with Gasteiger partial charge in [-0.25, -0.2) is 0 Å². The molecule has 1 saturated carbocycles. The lowest BCUT2D eigenvalue weighted by atomic mass is 9.97. The van der Waals surface area contributed by atoms with Gasteiger partial charge in [0.15, 0.2) is 0 Å². The number of hydrogen-bond acceptors (Lipinski definition) is 1. The second kappa shape index (κ2) is 6.20. The fourth-order valence-corrected chi connectivity index (χ4v) is 2.98. The number of nitrogens with one attached hydrogen (secondary N) is 1. The summed E-state index contributed by atoms with van der Waals surface area (Å²) in [6, 6.07) is 9.98. The minimum atomic E-state index is 0.778. The smallest absolute Gasteiger partial charge is 0.00698 e. The maximum absolute atomic E-state index is 3.58. The van der Waals surface area contributed by atoms with Crippen LogP contribution in [0.25, 0.3) is 0 Å². The van der Waals surface area contributed by atoms with E-state index < -0.39 is 0 Å². The Labute approximate surface area is 106 Å². The molecule has 1 nitrogen and oxygen atoms in total. The van der Waals surface area contributed by atoms with Crippen LogP contribution in [0.1, 0.15) is 44.2 Å². The maximum Gasteiger partial charge on any atom is 0.00698 e. The minimum Gasteiger partial charge on any atom is -0.314 e. The minimum absolute atomic E-state index is 0.778. The third-order valence-corrected chi connectivity index (χ3v) is 3.99. The van der Waals surface area contributed by atoms with E-state index in [0.717, 1.165) is 24.9 Å². The van der Waals surface area contributed by atoms with Crippen molar-refractivity contribution < 1.29 is 0 Å². The summed E-state index contributed by atoms with van der Waals surface area (Å²) in [5, 5.41) is 3.58. The maximum atomic E-state index is 3.58. The fraction of sp³-hybridized carbons (Fsp3) is 0.625. The average Bonchev–Trinajstić information content (AvgIpc) is 2.78. The molecular weight excluding hydrogens is 206 g/mol. The second-order valence-corrected chi connectivity index (χ2v) is 5.31. The Bertz CT molecular complexity index is 328. The van der Waals surface area contributed by atoms with E-state index in [9.17, 15) is 0 Å². The summed E-state index contributed by atoms with van der Waals surface area (Å²) in [5.41, 5.74) is 2.97. The lowest BCUT2D eigenvalue weighted by Crippen LogP contribution is -2.25. The van der Waals surface area contributed by atoms with Crippen molar-refractivity contribution in [1.82, 2.24) is 5.32 Å². The molecule has 1 aromatic carbocycles. The predicted octanol–water partition coefficient (Wildman–Crippen LogP) is 3.57. The van der Waals surface area contributed by atoms with Gasteiger partial charge >= 0.3 is 0 Å². The third kappa shape index (κ3) is 3.57. The third-order valence-electron chi connectivity index (χ3n) is 3.99. The van der Waals surface area contributed by atoms with Gasteiger partial charge in [0.05, 0.1) is 0 Å². The Balaban J connectivity index is 1.84. The highest BCUT2D eigenvalue weighted by atomic mass is 14.9. The van der Waals surface area contributed by atoms with Crippen molar-refractivity contribution in [1.29, 1.82) is 0 Å². The molecule has 2 atom stereocenters. The van der Waals surface area contributed by atoms with Gasteiger partial charge in [0.2, 0.25) is 0 Å². The Morgan fingerprint density at radius 1 is 1.06 bits per heavy atom. The summed E-state index contributed by atoms with van der Waals surface area (Å²) in [7, 11) is 0. The topological polar surface area (TPSA) is 12.0 Å². The molecule has 1 aromatic rings. The van der Waals surface area contributed by atoms with E-state index in [4.69, 9.17) is 0 Å². The molecule has 0 amide bonds. The largest absolute Gasteiger partial charge is 0.314 e. The average molecular weight is 231 g/mol. The van der Waals surface area contributed by atoms with Crippen LogP contribution >= 0.6 is 0 Å². The number of hydrogen-bond donors (Lipinski definition) is 1. The number of benzene rings is 1. The van der Waals surface area contributed by atoms with Crippen LogP contribution in [0.2, 0.25) is 0 Å². The van der Waals surface area contributed by atoms with Crippen LogP contribution in [0.4, 0.5) is 0 Å². The van der Waals surface area contributed by atoms with Gasteiger partial charge in [-0.05, 0) is 55.7 Å². The summed E-state index contributed by atoms with van der Waals surface area (Å²) >= 11 is 0. The van der Waals surface area contributed by atoms with Gasteiger partial charge < -0.3 is 5.32 Å². The zero-order chi connectivity index (χ0) is 12.1. The van der Waals surface area contributed by atoms with Crippen molar-refractivity contribution in [2.75, 3.05) is 6.54 Å². The summed E-state index contributed by atoms with van der Waals surface area (Å²) in [6.07, 6.45) is 6.54. The van der Waals surface area contributed by atoms with E-state index in [-0.39, 0.29) is 0 Å². The molecule has 1 aliphatic rings. The van der Waals surface area contributed by atoms with E-state index in [2.05, 4.69) is 43.4 Å². The summed E-state index contributed by atoms with van der Waals surface area (Å²) in [5.74, 6) is 0.895. The van der Waals surface area contributed by atoms with Gasteiger partial charge in [0.1, 0.15) is 0 Å². The normalized spacial score (nSPS) is 24.1. The highest BCUT2D eigenvalue weighted by Gasteiger charge is 2.23. The highest BCUT2D eigenvalue weighted by molar-refractivity contribution is 5.23. The Morgan fingerprint density at radius 2 is 1.76 bits per heavy atom. The van der Waals surface area contributed by atoms with Crippen LogP contribution in [0.15, 0.2) is 24.3 Å². The summed E-state index contributed by atoms with van der Waals surface area (Å²) < 4.78 is 0. The first-order valence-electron chi connectivity index (χ1n) is 7.13. The Hall–Kier alpha value is -0.820. The molecule has 1 heteroatoms. The molecule has 17 heavy (non-hydrogen) atoms. The van der Waals surface area contributed by atoms with Crippen molar-refractivity contribution in [3.05, 3.63) is 35.4 Å². The fourth-order valence-electron chi connectivity index (χ4n) is 2.98. The molecule has 2 unspecified atom stereocenters. The quantitative estimate of drug-likeness (QED) is 0.817. The molecule has 0 aliphatic heterocycles. The molecule has 0 bridgehead atoms. The van der Waals surface area contributed by atoms with Crippen LogP contribution < -0.4 is 5.32 Å². The molecule has 0 aromatic heterocycles. The SMILES string of the molecule is CCNC1CCC(Cc2ccc(CC)cc2)C1. The molecule has 1 fully saturated rings. The van der Waals surface area contributed by atoms with Gasteiger partial charge in [0, 0.05) is 6.04 Å². The molecule has 0 saturated heterocycles. The van der Waals surface area contributed by atoms with Gasteiger partial charge in [0.25, 0.3) is 0 Å². The highest BCUT2D eigenvalue weighted by Crippen LogP contribution is 2.28. The van der Waals surface area contributed by atoms with Gasteiger partial charge in [-0.2, -0.15) is 0 Å². The molecule has 1 aliphatic carbocycles. The van der Waals surface area contributed by atoms with Crippen LogP contribution in [0.5, 0.6) is 0 Å². The van der Waals surface area contributed by atoms with E-state index in [1.165, 1.54) is 36.8 Å². The van der Waals surface area contributed by atoms with Crippen LogP contribution in [-0.4, -0.2) is 12.6 Å². The van der Waals surface area contributed by atoms with E-state index >= 15 is 0 Å². The molecule has 0 heterocycles. The predicted molar refractivity (Wildman–Crippen MR) is 74.3 cm³/mol. The molecular formula is C16H25N. The van der Waals surface area contributed by atoms with Crippen LogP contribution in [0.3, 0.4) is 0 Å². The lowest BCUT2D eigenvalue weighted by molar-refractivity contribution is 0.493. The van der Waals surface area contributed by atoms with Gasteiger partial charge in [-0.15, -0.1) is 0 Å². The van der Waals surface area contributed by atoms with Crippen LogP contribution in [-0.2, 0) is 12.8 Å². The molecule has 2 rings (SSSR count). The number of aryl methyl sites for hydroxylation is 1. The number of rotatable bonds is 5. The van der Waals surface area contributed by atoms with E-state index in [1.807, 2.05) is 0 Å². The lowest BCUT2D eigenvalue weighted by Gasteiger charge is -2.12. The molecule has 0 radical (unpaired) electrons. The first-order valence-corrected chi connectivity index (χ1v) is 7.13. The molecule has 94 valence electrons. The first kappa shape index (κ1) is 12.6. The summed E-state index contributed by atoms with van der Waals surface area (Å²) in [6.45, 7) is 5.53. The van der Waals surface area contributed by atoms with E-state index in [0.29, 0.717) is 0 Å².